The van der Waals surface area contributed by atoms with E-state index in [-0.39, 0.29) is 0 Å². The molecular formula is C10H20N2. The molecule has 2 fully saturated rings. The third-order valence-electron chi connectivity index (χ3n) is 2.91. The van der Waals surface area contributed by atoms with Gasteiger partial charge in [-0.2, -0.15) is 0 Å². The fourth-order valence-electron chi connectivity index (χ4n) is 1.87. The summed E-state index contributed by atoms with van der Waals surface area (Å²) >= 11 is 0. The Bertz CT molecular complexity index is 126. The SMILES string of the molecule is C1CCN(CNCC2CC2)CC1. The summed E-state index contributed by atoms with van der Waals surface area (Å²) in [5.74, 6) is 1.02. The molecule has 0 aromatic rings. The zero-order valence-corrected chi connectivity index (χ0v) is 7.89. The molecule has 0 amide bonds. The van der Waals surface area contributed by atoms with Crippen LogP contribution in [0.5, 0.6) is 0 Å². The van der Waals surface area contributed by atoms with Crippen LogP contribution >= 0.6 is 0 Å². The van der Waals surface area contributed by atoms with Gasteiger partial charge in [0.1, 0.15) is 0 Å². The molecule has 0 aromatic heterocycles. The van der Waals surface area contributed by atoms with Crippen LogP contribution in [0.4, 0.5) is 0 Å². The Labute approximate surface area is 75.3 Å². The molecule has 0 aromatic carbocycles. The predicted molar refractivity (Wildman–Crippen MR) is 51.0 cm³/mol. The summed E-state index contributed by atoms with van der Waals surface area (Å²) in [6.07, 6.45) is 7.19. The van der Waals surface area contributed by atoms with E-state index < -0.39 is 0 Å². The van der Waals surface area contributed by atoms with Crippen molar-refractivity contribution in [3.05, 3.63) is 0 Å². The number of nitrogens with zero attached hydrogens (tertiary/aromatic N) is 1. The van der Waals surface area contributed by atoms with Crippen LogP contribution in [0.15, 0.2) is 0 Å². The predicted octanol–water partition coefficient (Wildman–Crippen LogP) is 1.43. The number of hydrogen-bond acceptors (Lipinski definition) is 2. The van der Waals surface area contributed by atoms with E-state index in [1.54, 1.807) is 0 Å². The van der Waals surface area contributed by atoms with Crippen LogP contribution in [-0.2, 0) is 0 Å². The standard InChI is InChI=1S/C10H20N2/c1-2-6-12(7-3-1)9-11-8-10-4-5-10/h10-11H,1-9H2. The molecule has 1 saturated carbocycles. The van der Waals surface area contributed by atoms with Gasteiger partial charge in [0.05, 0.1) is 0 Å². The minimum absolute atomic E-state index is 1.02. The lowest BCUT2D eigenvalue weighted by atomic mass is 10.1. The molecule has 1 heterocycles. The summed E-state index contributed by atoms with van der Waals surface area (Å²) in [7, 11) is 0. The van der Waals surface area contributed by atoms with E-state index in [1.165, 1.54) is 51.7 Å². The number of hydrogen-bond donors (Lipinski definition) is 1. The average molecular weight is 168 g/mol. The Balaban J connectivity index is 1.52. The van der Waals surface area contributed by atoms with Crippen molar-refractivity contribution >= 4 is 0 Å². The molecule has 0 unspecified atom stereocenters. The van der Waals surface area contributed by atoms with E-state index in [9.17, 15) is 0 Å². The summed E-state index contributed by atoms with van der Waals surface area (Å²) in [4.78, 5) is 2.55. The second-order valence-electron chi connectivity index (χ2n) is 4.23. The molecule has 1 N–H and O–H groups in total. The third-order valence-corrected chi connectivity index (χ3v) is 2.91. The first-order valence-electron chi connectivity index (χ1n) is 5.38. The average Bonchev–Trinajstić information content (AvgIpc) is 2.90. The second kappa shape index (κ2) is 4.24. The van der Waals surface area contributed by atoms with Gasteiger partial charge < -0.3 is 5.32 Å². The van der Waals surface area contributed by atoms with Crippen LogP contribution in [0.3, 0.4) is 0 Å². The van der Waals surface area contributed by atoms with Crippen LogP contribution in [0, 0.1) is 5.92 Å². The van der Waals surface area contributed by atoms with E-state index >= 15 is 0 Å². The summed E-state index contributed by atoms with van der Waals surface area (Å²) in [6.45, 7) is 5.03. The van der Waals surface area contributed by atoms with Crippen LogP contribution in [0.2, 0.25) is 0 Å². The molecule has 0 spiro atoms. The van der Waals surface area contributed by atoms with E-state index in [0.29, 0.717) is 0 Å². The molecule has 2 rings (SSSR count). The molecule has 12 heavy (non-hydrogen) atoms. The monoisotopic (exact) mass is 168 g/mol. The van der Waals surface area contributed by atoms with E-state index in [1.807, 2.05) is 0 Å². The van der Waals surface area contributed by atoms with Crippen molar-refractivity contribution in [3.8, 4) is 0 Å². The molecule has 0 atom stereocenters. The van der Waals surface area contributed by atoms with Gasteiger partial charge in [-0.3, -0.25) is 4.90 Å². The van der Waals surface area contributed by atoms with E-state index in [2.05, 4.69) is 10.2 Å². The number of rotatable bonds is 4. The zero-order valence-electron chi connectivity index (χ0n) is 7.89. The smallest absolute Gasteiger partial charge is 0.0480 e. The van der Waals surface area contributed by atoms with Crippen molar-refractivity contribution in [2.45, 2.75) is 32.1 Å². The lowest BCUT2D eigenvalue weighted by molar-refractivity contribution is 0.212. The largest absolute Gasteiger partial charge is 0.304 e. The quantitative estimate of drug-likeness (QED) is 0.683. The van der Waals surface area contributed by atoms with Gasteiger partial charge in [-0.1, -0.05) is 6.42 Å². The van der Waals surface area contributed by atoms with Gasteiger partial charge in [0.2, 0.25) is 0 Å². The van der Waals surface area contributed by atoms with Crippen molar-refractivity contribution in [1.29, 1.82) is 0 Å². The minimum Gasteiger partial charge on any atom is -0.304 e. The van der Waals surface area contributed by atoms with Gasteiger partial charge in [-0.25, -0.2) is 0 Å². The number of piperidine rings is 1. The Morgan fingerprint density at radius 2 is 1.83 bits per heavy atom. The van der Waals surface area contributed by atoms with Crippen molar-refractivity contribution in [1.82, 2.24) is 10.2 Å². The summed E-state index contributed by atoms with van der Waals surface area (Å²) in [6, 6.07) is 0. The van der Waals surface area contributed by atoms with Crippen LogP contribution in [0.1, 0.15) is 32.1 Å². The van der Waals surface area contributed by atoms with Gasteiger partial charge in [0.15, 0.2) is 0 Å². The Morgan fingerprint density at radius 1 is 1.08 bits per heavy atom. The Hall–Kier alpha value is -0.0800. The summed E-state index contributed by atoms with van der Waals surface area (Å²) < 4.78 is 0. The molecule has 2 aliphatic rings. The fraction of sp³-hybridized carbons (Fsp3) is 1.00. The highest BCUT2D eigenvalue weighted by Gasteiger charge is 2.20. The van der Waals surface area contributed by atoms with Crippen molar-refractivity contribution in [2.75, 3.05) is 26.3 Å². The number of likely N-dealkylation sites (tertiary alicyclic amines) is 1. The first kappa shape index (κ1) is 8.52. The van der Waals surface area contributed by atoms with Crippen LogP contribution in [-0.4, -0.2) is 31.2 Å². The van der Waals surface area contributed by atoms with Crippen molar-refractivity contribution < 1.29 is 0 Å². The summed E-state index contributed by atoms with van der Waals surface area (Å²) in [5, 5.41) is 3.54. The Morgan fingerprint density at radius 3 is 2.50 bits per heavy atom. The first-order valence-corrected chi connectivity index (χ1v) is 5.38. The van der Waals surface area contributed by atoms with Crippen LogP contribution < -0.4 is 5.32 Å². The van der Waals surface area contributed by atoms with Gasteiger partial charge in [0.25, 0.3) is 0 Å². The van der Waals surface area contributed by atoms with Gasteiger partial charge >= 0.3 is 0 Å². The topological polar surface area (TPSA) is 15.3 Å². The highest BCUT2D eigenvalue weighted by Crippen LogP contribution is 2.27. The highest BCUT2D eigenvalue weighted by atomic mass is 15.2. The maximum Gasteiger partial charge on any atom is 0.0480 e. The highest BCUT2D eigenvalue weighted by molar-refractivity contribution is 4.75. The van der Waals surface area contributed by atoms with Crippen molar-refractivity contribution in [3.63, 3.8) is 0 Å². The van der Waals surface area contributed by atoms with Crippen molar-refractivity contribution in [2.24, 2.45) is 5.92 Å². The van der Waals surface area contributed by atoms with E-state index in [0.717, 1.165) is 12.6 Å². The van der Waals surface area contributed by atoms with Gasteiger partial charge in [-0.15, -0.1) is 0 Å². The zero-order chi connectivity index (χ0) is 8.23. The third kappa shape index (κ3) is 2.76. The summed E-state index contributed by atoms with van der Waals surface area (Å²) in [5.41, 5.74) is 0. The van der Waals surface area contributed by atoms with E-state index in [4.69, 9.17) is 0 Å². The molecule has 2 heteroatoms. The molecule has 70 valence electrons. The minimum atomic E-state index is 1.02. The lowest BCUT2D eigenvalue weighted by Crippen LogP contribution is -2.38. The maximum atomic E-state index is 3.54. The first-order chi connectivity index (χ1) is 5.95. The molecule has 1 aliphatic heterocycles. The molecule has 1 aliphatic carbocycles. The normalized spacial score (nSPS) is 26.0. The maximum absolute atomic E-state index is 3.54. The molecular weight excluding hydrogens is 148 g/mol. The fourth-order valence-corrected chi connectivity index (χ4v) is 1.87. The van der Waals surface area contributed by atoms with Crippen LogP contribution in [0.25, 0.3) is 0 Å². The Kier molecular flexibility index (Phi) is 3.01. The molecule has 2 nitrogen and oxygen atoms in total. The second-order valence-corrected chi connectivity index (χ2v) is 4.23. The molecule has 1 saturated heterocycles. The van der Waals surface area contributed by atoms with Gasteiger partial charge in [-0.05, 0) is 51.2 Å². The lowest BCUT2D eigenvalue weighted by Gasteiger charge is -2.26. The number of nitrogens with one attached hydrogen (secondary N) is 1. The van der Waals surface area contributed by atoms with Gasteiger partial charge in [0, 0.05) is 6.67 Å². The molecule has 0 bridgehead atoms. The molecule has 0 radical (unpaired) electrons.